The maximum Gasteiger partial charge on any atom is 0.411 e. The minimum Gasteiger partial charge on any atom is -0.468 e. The molecule has 0 aromatic carbocycles. The van der Waals surface area contributed by atoms with E-state index in [4.69, 9.17) is 5.73 Å². The Bertz CT molecular complexity index is 292. The molecule has 0 spiro atoms. The Labute approximate surface area is 104 Å². The van der Waals surface area contributed by atoms with Gasteiger partial charge < -0.3 is 15.2 Å². The lowest BCUT2D eigenvalue weighted by Gasteiger charge is -2.29. The Morgan fingerprint density at radius 1 is 1.33 bits per heavy atom. The van der Waals surface area contributed by atoms with Gasteiger partial charge in [-0.1, -0.05) is 12.8 Å². The summed E-state index contributed by atoms with van der Waals surface area (Å²) in [5, 5.41) is 0. The molecule has 1 aliphatic rings. The zero-order valence-corrected chi connectivity index (χ0v) is 10.3. The third-order valence-electron chi connectivity index (χ3n) is 3.03. The number of esters is 1. The summed E-state index contributed by atoms with van der Waals surface area (Å²) in [6.07, 6.45) is -2.04. The van der Waals surface area contributed by atoms with Crippen LogP contribution in [0.2, 0.25) is 0 Å². The SMILES string of the molecule is COC(=O)C(CN)(COCC(F)(F)F)CC1CC1. The Kier molecular flexibility index (Phi) is 4.98. The highest BCUT2D eigenvalue weighted by atomic mass is 19.4. The van der Waals surface area contributed by atoms with Crippen LogP contribution in [0.3, 0.4) is 0 Å². The van der Waals surface area contributed by atoms with E-state index < -0.39 is 24.2 Å². The first-order valence-electron chi connectivity index (χ1n) is 5.76. The van der Waals surface area contributed by atoms with Crippen molar-refractivity contribution in [3.8, 4) is 0 Å². The van der Waals surface area contributed by atoms with Crippen molar-refractivity contribution in [1.82, 2.24) is 0 Å². The molecule has 0 aromatic rings. The normalized spacial score (nSPS) is 19.4. The second-order valence-electron chi connectivity index (χ2n) is 4.73. The monoisotopic (exact) mass is 269 g/mol. The predicted octanol–water partition coefficient (Wildman–Crippen LogP) is 1.48. The van der Waals surface area contributed by atoms with Crippen molar-refractivity contribution in [1.29, 1.82) is 0 Å². The lowest BCUT2D eigenvalue weighted by molar-refractivity contribution is -0.187. The van der Waals surface area contributed by atoms with Crippen LogP contribution in [0.15, 0.2) is 0 Å². The first-order valence-corrected chi connectivity index (χ1v) is 5.76. The minimum atomic E-state index is -4.41. The molecule has 1 aliphatic carbocycles. The number of carbonyl (C=O) groups excluding carboxylic acids is 1. The fraction of sp³-hybridized carbons (Fsp3) is 0.909. The lowest BCUT2D eigenvalue weighted by Crippen LogP contribution is -2.44. The van der Waals surface area contributed by atoms with E-state index in [1.54, 1.807) is 0 Å². The average Bonchev–Trinajstić information content (AvgIpc) is 3.08. The van der Waals surface area contributed by atoms with Gasteiger partial charge in [0.05, 0.1) is 13.7 Å². The summed E-state index contributed by atoms with van der Waals surface area (Å²) in [5.41, 5.74) is 4.40. The maximum absolute atomic E-state index is 12.0. The number of hydrogen-bond donors (Lipinski definition) is 1. The lowest BCUT2D eigenvalue weighted by atomic mass is 9.83. The van der Waals surface area contributed by atoms with Crippen LogP contribution < -0.4 is 5.73 Å². The molecule has 0 amide bonds. The first kappa shape index (κ1) is 15.2. The molecule has 7 heteroatoms. The highest BCUT2D eigenvalue weighted by Crippen LogP contribution is 2.41. The summed E-state index contributed by atoms with van der Waals surface area (Å²) in [5.74, 6) is -0.263. The van der Waals surface area contributed by atoms with Gasteiger partial charge in [-0.05, 0) is 12.3 Å². The average molecular weight is 269 g/mol. The number of rotatable bonds is 7. The molecule has 1 saturated carbocycles. The van der Waals surface area contributed by atoms with E-state index in [1.807, 2.05) is 0 Å². The van der Waals surface area contributed by atoms with Crippen molar-refractivity contribution in [2.45, 2.75) is 25.4 Å². The third-order valence-corrected chi connectivity index (χ3v) is 3.03. The van der Waals surface area contributed by atoms with Crippen LogP contribution in [0.5, 0.6) is 0 Å². The summed E-state index contributed by atoms with van der Waals surface area (Å²) in [6.45, 7) is -1.81. The molecule has 1 rings (SSSR count). The molecular formula is C11H18F3NO3. The van der Waals surface area contributed by atoms with Crippen molar-refractivity contribution < 1.29 is 27.4 Å². The molecule has 1 atom stereocenters. The molecule has 4 nitrogen and oxygen atoms in total. The van der Waals surface area contributed by atoms with Gasteiger partial charge in [-0.3, -0.25) is 4.79 Å². The molecule has 0 saturated heterocycles. The second kappa shape index (κ2) is 5.88. The fourth-order valence-electron chi connectivity index (χ4n) is 1.88. The first-order chi connectivity index (χ1) is 8.33. The Hall–Kier alpha value is -0.820. The van der Waals surface area contributed by atoms with Crippen molar-refractivity contribution >= 4 is 5.97 Å². The minimum absolute atomic E-state index is 0.0754. The summed E-state index contributed by atoms with van der Waals surface area (Å²) < 4.78 is 45.3. The van der Waals surface area contributed by atoms with Gasteiger partial charge in [0.15, 0.2) is 0 Å². The zero-order chi connectivity index (χ0) is 13.8. The highest BCUT2D eigenvalue weighted by Gasteiger charge is 2.44. The zero-order valence-electron chi connectivity index (χ0n) is 10.3. The molecule has 0 heterocycles. The van der Waals surface area contributed by atoms with E-state index in [9.17, 15) is 18.0 Å². The van der Waals surface area contributed by atoms with E-state index in [0.29, 0.717) is 12.3 Å². The largest absolute Gasteiger partial charge is 0.468 e. The van der Waals surface area contributed by atoms with Gasteiger partial charge in [-0.2, -0.15) is 13.2 Å². The molecule has 18 heavy (non-hydrogen) atoms. The topological polar surface area (TPSA) is 61.5 Å². The molecule has 106 valence electrons. The van der Waals surface area contributed by atoms with Crippen molar-refractivity contribution in [3.63, 3.8) is 0 Å². The van der Waals surface area contributed by atoms with E-state index >= 15 is 0 Å². The molecule has 0 radical (unpaired) electrons. The number of alkyl halides is 3. The Morgan fingerprint density at radius 3 is 2.33 bits per heavy atom. The van der Waals surface area contributed by atoms with Gasteiger partial charge in [0.25, 0.3) is 0 Å². The van der Waals surface area contributed by atoms with Crippen molar-refractivity contribution in [3.05, 3.63) is 0 Å². The molecule has 0 bridgehead atoms. The van der Waals surface area contributed by atoms with Crippen LogP contribution >= 0.6 is 0 Å². The summed E-state index contributed by atoms with van der Waals surface area (Å²) in [6, 6.07) is 0. The number of ether oxygens (including phenoxy) is 2. The molecule has 1 unspecified atom stereocenters. The Balaban J connectivity index is 2.60. The van der Waals surface area contributed by atoms with Crippen molar-refractivity contribution in [2.24, 2.45) is 17.1 Å². The molecule has 0 aliphatic heterocycles. The summed E-state index contributed by atoms with van der Waals surface area (Å²) >= 11 is 0. The quantitative estimate of drug-likeness (QED) is 0.711. The fourth-order valence-corrected chi connectivity index (χ4v) is 1.88. The Morgan fingerprint density at radius 2 is 1.94 bits per heavy atom. The number of carbonyl (C=O) groups is 1. The second-order valence-corrected chi connectivity index (χ2v) is 4.73. The van der Waals surface area contributed by atoms with E-state index in [0.717, 1.165) is 12.8 Å². The van der Waals surface area contributed by atoms with Crippen LogP contribution in [0, 0.1) is 11.3 Å². The van der Waals surface area contributed by atoms with E-state index in [2.05, 4.69) is 9.47 Å². The van der Waals surface area contributed by atoms with Crippen molar-refractivity contribution in [2.75, 3.05) is 26.9 Å². The van der Waals surface area contributed by atoms with Crippen LogP contribution in [0.1, 0.15) is 19.3 Å². The maximum atomic E-state index is 12.0. The summed E-state index contributed by atoms with van der Waals surface area (Å²) in [7, 11) is 1.20. The van der Waals surface area contributed by atoms with E-state index in [1.165, 1.54) is 7.11 Å². The third kappa shape index (κ3) is 4.45. The molecule has 1 fully saturated rings. The standard InChI is InChI=1S/C11H18F3NO3/c1-17-9(16)10(5-15,4-8-2-3-8)6-18-7-11(12,13)14/h8H,2-7,15H2,1H3. The van der Waals surface area contributed by atoms with Gasteiger partial charge >= 0.3 is 12.1 Å². The summed E-state index contributed by atoms with van der Waals surface area (Å²) in [4.78, 5) is 11.7. The van der Waals surface area contributed by atoms with Crippen LogP contribution in [-0.4, -0.2) is 39.0 Å². The van der Waals surface area contributed by atoms with Gasteiger partial charge in [0.2, 0.25) is 0 Å². The van der Waals surface area contributed by atoms with Gasteiger partial charge in [-0.25, -0.2) is 0 Å². The molecule has 0 aromatic heterocycles. The molecule has 2 N–H and O–H groups in total. The number of halogens is 3. The van der Waals surface area contributed by atoms with Crippen LogP contribution in [0.25, 0.3) is 0 Å². The van der Waals surface area contributed by atoms with Crippen LogP contribution in [-0.2, 0) is 14.3 Å². The van der Waals surface area contributed by atoms with Gasteiger partial charge in [0, 0.05) is 6.54 Å². The number of hydrogen-bond acceptors (Lipinski definition) is 4. The van der Waals surface area contributed by atoms with Crippen LogP contribution in [0.4, 0.5) is 13.2 Å². The van der Waals surface area contributed by atoms with Gasteiger partial charge in [-0.15, -0.1) is 0 Å². The highest BCUT2D eigenvalue weighted by molar-refractivity contribution is 5.77. The number of nitrogens with two attached hydrogens (primary N) is 1. The smallest absolute Gasteiger partial charge is 0.411 e. The number of methoxy groups -OCH3 is 1. The molecular weight excluding hydrogens is 251 g/mol. The predicted molar refractivity (Wildman–Crippen MR) is 57.7 cm³/mol. The van der Waals surface area contributed by atoms with E-state index in [-0.39, 0.29) is 13.2 Å². The van der Waals surface area contributed by atoms with Gasteiger partial charge in [0.1, 0.15) is 12.0 Å².